The van der Waals surface area contributed by atoms with Gasteiger partial charge >= 0.3 is 0 Å². The smallest absolute Gasteiger partial charge is 0.187 e. The number of allylic oxidation sites excluding steroid dienone is 1. The molecule has 2 spiro atoms. The van der Waals surface area contributed by atoms with E-state index in [2.05, 4.69) is 47.6 Å². The van der Waals surface area contributed by atoms with Crippen LogP contribution in [0.3, 0.4) is 0 Å². The molecule has 320 valence electrons. The summed E-state index contributed by atoms with van der Waals surface area (Å²) < 4.78 is 37.8. The number of hydrogen-bond acceptors (Lipinski definition) is 14. The zero-order chi connectivity index (χ0) is 40.5. The van der Waals surface area contributed by atoms with Crippen LogP contribution in [0.5, 0.6) is 0 Å². The van der Waals surface area contributed by atoms with Crippen molar-refractivity contribution >= 4 is 0 Å². The van der Waals surface area contributed by atoms with Crippen LogP contribution in [0.15, 0.2) is 11.6 Å². The van der Waals surface area contributed by atoms with Crippen LogP contribution in [0, 0.1) is 45.3 Å². The van der Waals surface area contributed by atoms with Crippen molar-refractivity contribution in [2.45, 2.75) is 185 Å². The van der Waals surface area contributed by atoms with E-state index in [1.807, 2.05) is 6.92 Å². The fraction of sp³-hybridized carbons (Fsp3) is 0.952. The van der Waals surface area contributed by atoms with Crippen LogP contribution < -0.4 is 0 Å². The summed E-state index contributed by atoms with van der Waals surface area (Å²) in [5.41, 5.74) is -0.269. The molecule has 14 heteroatoms. The molecule has 0 amide bonds. The van der Waals surface area contributed by atoms with E-state index >= 15 is 0 Å². The maximum Gasteiger partial charge on any atom is 0.187 e. The van der Waals surface area contributed by atoms with E-state index in [-0.39, 0.29) is 45.7 Å². The normalized spacial score (nSPS) is 57.4. The Labute approximate surface area is 330 Å². The second kappa shape index (κ2) is 14.1. The van der Waals surface area contributed by atoms with Crippen molar-refractivity contribution in [2.24, 2.45) is 45.3 Å². The molecule has 56 heavy (non-hydrogen) atoms. The lowest BCUT2D eigenvalue weighted by atomic mass is 9.35. The van der Waals surface area contributed by atoms with Gasteiger partial charge in [0.25, 0.3) is 0 Å². The summed E-state index contributed by atoms with van der Waals surface area (Å²) in [4.78, 5) is 0. The van der Waals surface area contributed by atoms with Crippen molar-refractivity contribution in [3.63, 3.8) is 0 Å². The highest BCUT2D eigenvalue weighted by Gasteiger charge is 2.81. The zero-order valence-electron chi connectivity index (χ0n) is 34.1. The van der Waals surface area contributed by atoms with Gasteiger partial charge in [-0.25, -0.2) is 0 Å². The van der Waals surface area contributed by atoms with Crippen molar-refractivity contribution in [2.75, 3.05) is 19.8 Å². The quantitative estimate of drug-likeness (QED) is 0.135. The summed E-state index contributed by atoms with van der Waals surface area (Å²) in [5, 5.41) is 85.9. The van der Waals surface area contributed by atoms with Crippen molar-refractivity contribution in [3.05, 3.63) is 11.6 Å². The van der Waals surface area contributed by atoms with E-state index in [9.17, 15) is 40.9 Å². The number of hydrogen-bond donors (Lipinski definition) is 8. The van der Waals surface area contributed by atoms with Gasteiger partial charge in [0.15, 0.2) is 18.4 Å². The molecule has 2 bridgehead atoms. The third-order valence-electron chi connectivity index (χ3n) is 17.0. The fourth-order valence-electron chi connectivity index (χ4n) is 14.6. The summed E-state index contributed by atoms with van der Waals surface area (Å²) in [5.74, 6) is 0.123. The van der Waals surface area contributed by atoms with Gasteiger partial charge in [0.05, 0.1) is 37.6 Å². The predicted octanol–water partition coefficient (Wildman–Crippen LogP) is 1.50. The van der Waals surface area contributed by atoms with Crippen molar-refractivity contribution in [1.82, 2.24) is 0 Å². The highest BCUT2D eigenvalue weighted by Crippen LogP contribution is 2.80. The van der Waals surface area contributed by atoms with Crippen LogP contribution >= 0.6 is 0 Å². The van der Waals surface area contributed by atoms with Crippen LogP contribution in [-0.4, -0.2) is 146 Å². The molecule has 4 heterocycles. The Kier molecular flexibility index (Phi) is 10.6. The molecule has 0 aromatic rings. The Bertz CT molecular complexity index is 1500. The standard InChI is InChI=1S/C42H68O14/c1-20(2)14-21-15-40(7,50)34-22-8-9-26-38(5)12-11-27(37(3,4)25(38)10-13-39(26,6)41(22)18-42(34,56-21)51-19-41)54-36-32(49)33(29(46)24(17-44)53-36)55-35-31(48)30(47)28(45)23(16-43)52-35/h14,21-36,43-50H,8-13,15-19H2,1-7H3/t21-,22+,23+,24+,25-,26+,27-,28+,29+,30-,31+,32+,33-,34-,35-,36-,38-,39+,40-,41-,42-/m1/s1. The molecule has 4 saturated carbocycles. The summed E-state index contributed by atoms with van der Waals surface area (Å²) in [6, 6.07) is 0. The Morgan fingerprint density at radius 2 is 1.41 bits per heavy atom. The number of aliphatic hydroxyl groups is 8. The van der Waals surface area contributed by atoms with E-state index in [0.717, 1.165) is 38.5 Å². The molecule has 4 aliphatic heterocycles. The average molecular weight is 797 g/mol. The monoisotopic (exact) mass is 796 g/mol. The number of aliphatic hydroxyl groups excluding tert-OH is 7. The van der Waals surface area contributed by atoms with E-state index in [4.69, 9.17) is 28.4 Å². The first-order chi connectivity index (χ1) is 26.2. The molecule has 4 saturated heterocycles. The number of fused-ring (bicyclic) bond motifs is 4. The Morgan fingerprint density at radius 1 is 0.750 bits per heavy atom. The van der Waals surface area contributed by atoms with Crippen LogP contribution in [-0.2, 0) is 28.4 Å². The maximum absolute atomic E-state index is 12.1. The summed E-state index contributed by atoms with van der Waals surface area (Å²) in [7, 11) is 0. The van der Waals surface area contributed by atoms with Crippen LogP contribution in [0.25, 0.3) is 0 Å². The number of rotatable bonds is 7. The molecular formula is C42H68O14. The molecule has 8 rings (SSSR count). The van der Waals surface area contributed by atoms with Gasteiger partial charge in [-0.05, 0) is 93.3 Å². The highest BCUT2D eigenvalue weighted by atomic mass is 16.7. The van der Waals surface area contributed by atoms with Crippen LogP contribution in [0.4, 0.5) is 0 Å². The summed E-state index contributed by atoms with van der Waals surface area (Å²) >= 11 is 0. The lowest BCUT2D eigenvalue weighted by Crippen LogP contribution is -2.68. The minimum absolute atomic E-state index is 0.0284. The molecule has 21 atom stereocenters. The van der Waals surface area contributed by atoms with Gasteiger partial charge in [0.2, 0.25) is 0 Å². The van der Waals surface area contributed by atoms with E-state index < -0.39 is 86.0 Å². The molecule has 8 N–H and O–H groups in total. The van der Waals surface area contributed by atoms with Crippen LogP contribution in [0.2, 0.25) is 0 Å². The number of ether oxygens (including phenoxy) is 6. The molecule has 0 aromatic carbocycles. The lowest BCUT2D eigenvalue weighted by Gasteiger charge is -2.70. The average Bonchev–Trinajstić information content (AvgIpc) is 3.64. The lowest BCUT2D eigenvalue weighted by molar-refractivity contribution is -0.370. The van der Waals surface area contributed by atoms with E-state index in [0.29, 0.717) is 31.3 Å². The SMILES string of the molecule is CC(C)=C[C@@H]1C[C@@](C)(O)[C@H]2[C@@H]3CC[C@H]4[C@]5(C)CC[C@@H](O[C@H]6O[C@@H](CO)[C@H](O)[C@@H](O[C@H]7O[C@@H](CO)[C@H](O)[C@@H](O)[C@@H]7O)[C@@H]6O)C(C)(C)[C@H]5CC[C@]4(C)[C@]34CO[C@]2(C4)O1. The Morgan fingerprint density at radius 3 is 2.07 bits per heavy atom. The molecule has 14 nitrogen and oxygen atoms in total. The Hall–Kier alpha value is -0.820. The third kappa shape index (κ3) is 5.94. The molecule has 0 unspecified atom stereocenters. The molecule has 0 radical (unpaired) electrons. The second-order valence-corrected chi connectivity index (χ2v) is 20.6. The first-order valence-corrected chi connectivity index (χ1v) is 21.1. The zero-order valence-corrected chi connectivity index (χ0v) is 34.1. The van der Waals surface area contributed by atoms with Gasteiger partial charge in [-0.1, -0.05) is 39.3 Å². The van der Waals surface area contributed by atoms with Gasteiger partial charge in [0.1, 0.15) is 48.8 Å². The fourth-order valence-corrected chi connectivity index (χ4v) is 14.6. The maximum atomic E-state index is 12.1. The van der Waals surface area contributed by atoms with Gasteiger partial charge in [-0.15, -0.1) is 0 Å². The van der Waals surface area contributed by atoms with Gasteiger partial charge in [-0.2, -0.15) is 0 Å². The Balaban J connectivity index is 1.01. The first kappa shape index (κ1) is 41.9. The van der Waals surface area contributed by atoms with Crippen molar-refractivity contribution in [1.29, 1.82) is 0 Å². The molecule has 8 fully saturated rings. The van der Waals surface area contributed by atoms with Gasteiger partial charge in [0, 0.05) is 24.2 Å². The highest BCUT2D eigenvalue weighted by molar-refractivity contribution is 5.26. The second-order valence-electron chi connectivity index (χ2n) is 20.6. The van der Waals surface area contributed by atoms with E-state index in [1.54, 1.807) is 0 Å². The first-order valence-electron chi connectivity index (χ1n) is 21.1. The summed E-state index contributed by atoms with van der Waals surface area (Å²) in [6.07, 6.45) is -6.46. The third-order valence-corrected chi connectivity index (χ3v) is 17.0. The van der Waals surface area contributed by atoms with Gasteiger partial charge in [-0.3, -0.25) is 0 Å². The minimum atomic E-state index is -1.75. The van der Waals surface area contributed by atoms with Crippen molar-refractivity contribution in [3.8, 4) is 0 Å². The van der Waals surface area contributed by atoms with Gasteiger partial charge < -0.3 is 69.3 Å². The topological polar surface area (TPSA) is 217 Å². The predicted molar refractivity (Wildman–Crippen MR) is 198 cm³/mol. The van der Waals surface area contributed by atoms with E-state index in [1.165, 1.54) is 5.57 Å². The molecular weight excluding hydrogens is 728 g/mol. The largest absolute Gasteiger partial charge is 0.394 e. The molecule has 8 aliphatic rings. The molecule has 4 aliphatic carbocycles. The van der Waals surface area contributed by atoms with Crippen LogP contribution in [0.1, 0.15) is 99.8 Å². The van der Waals surface area contributed by atoms with Crippen molar-refractivity contribution < 1.29 is 69.3 Å². The minimum Gasteiger partial charge on any atom is -0.394 e. The summed E-state index contributed by atoms with van der Waals surface area (Å²) in [6.45, 7) is 14.9. The molecule has 0 aromatic heterocycles.